The Morgan fingerprint density at radius 3 is 2.36 bits per heavy atom. The molecule has 5 nitrogen and oxygen atoms in total. The third-order valence-electron chi connectivity index (χ3n) is 4.79. The molecule has 0 saturated carbocycles. The molecule has 0 fully saturated rings. The van der Waals surface area contributed by atoms with Crippen LogP contribution in [0.1, 0.15) is 50.8 Å². The topological polar surface area (TPSA) is 69.7 Å². The van der Waals surface area contributed by atoms with Crippen LogP contribution in [0.4, 0.5) is 0 Å². The zero-order chi connectivity index (χ0) is 20.1. The average molecular weight is 378 g/mol. The molecule has 0 saturated heterocycles. The SMILES string of the molecule is COC(=O)c1ccc(/C=C/C(=O)OC(C)C(=O)c2ccc3c(c2)CCC3)cc1. The van der Waals surface area contributed by atoms with E-state index in [1.807, 2.05) is 12.1 Å². The summed E-state index contributed by atoms with van der Waals surface area (Å²) in [5.74, 6) is -1.23. The summed E-state index contributed by atoms with van der Waals surface area (Å²) >= 11 is 0. The second-order valence-corrected chi connectivity index (χ2v) is 6.73. The summed E-state index contributed by atoms with van der Waals surface area (Å²) in [5, 5.41) is 0. The second-order valence-electron chi connectivity index (χ2n) is 6.73. The molecule has 0 bridgehead atoms. The minimum Gasteiger partial charge on any atom is -0.465 e. The van der Waals surface area contributed by atoms with Crippen LogP contribution in [0.2, 0.25) is 0 Å². The van der Waals surface area contributed by atoms with Crippen LogP contribution in [0.15, 0.2) is 48.5 Å². The number of hydrogen-bond acceptors (Lipinski definition) is 5. The maximum absolute atomic E-state index is 12.5. The molecule has 144 valence electrons. The summed E-state index contributed by atoms with van der Waals surface area (Å²) in [5.41, 5.74) is 4.23. The number of carbonyl (C=O) groups is 3. The van der Waals surface area contributed by atoms with E-state index < -0.39 is 18.0 Å². The highest BCUT2D eigenvalue weighted by Gasteiger charge is 2.20. The van der Waals surface area contributed by atoms with Crippen LogP contribution in [0.3, 0.4) is 0 Å². The zero-order valence-corrected chi connectivity index (χ0v) is 15.9. The molecule has 28 heavy (non-hydrogen) atoms. The molecule has 0 N–H and O–H groups in total. The molecule has 1 atom stereocenters. The van der Waals surface area contributed by atoms with Gasteiger partial charge in [-0.05, 0) is 67.2 Å². The van der Waals surface area contributed by atoms with Crippen molar-refractivity contribution in [1.29, 1.82) is 0 Å². The van der Waals surface area contributed by atoms with Crippen LogP contribution in [0.5, 0.6) is 0 Å². The number of rotatable bonds is 6. The van der Waals surface area contributed by atoms with E-state index in [0.717, 1.165) is 24.8 Å². The van der Waals surface area contributed by atoms with Gasteiger partial charge in [0.2, 0.25) is 5.78 Å². The van der Waals surface area contributed by atoms with Gasteiger partial charge >= 0.3 is 11.9 Å². The van der Waals surface area contributed by atoms with Crippen LogP contribution >= 0.6 is 0 Å². The number of fused-ring (bicyclic) bond motifs is 1. The predicted octanol–water partition coefficient (Wildman–Crippen LogP) is 3.79. The van der Waals surface area contributed by atoms with Crippen LogP contribution in [-0.2, 0) is 27.1 Å². The number of hydrogen-bond donors (Lipinski definition) is 0. The lowest BCUT2D eigenvalue weighted by Crippen LogP contribution is -2.23. The summed E-state index contributed by atoms with van der Waals surface area (Å²) in [7, 11) is 1.32. The summed E-state index contributed by atoms with van der Waals surface area (Å²) in [6, 6.07) is 12.3. The van der Waals surface area contributed by atoms with E-state index >= 15 is 0 Å². The van der Waals surface area contributed by atoms with Crippen LogP contribution < -0.4 is 0 Å². The normalized spacial score (nSPS) is 13.8. The Morgan fingerprint density at radius 1 is 0.964 bits per heavy atom. The van der Waals surface area contributed by atoms with Crippen molar-refractivity contribution in [2.45, 2.75) is 32.3 Å². The van der Waals surface area contributed by atoms with E-state index in [1.165, 1.54) is 24.3 Å². The van der Waals surface area contributed by atoms with Crippen LogP contribution in [-0.4, -0.2) is 30.9 Å². The summed E-state index contributed by atoms with van der Waals surface area (Å²) in [6.45, 7) is 1.58. The number of methoxy groups -OCH3 is 1. The van der Waals surface area contributed by atoms with Gasteiger partial charge in [-0.25, -0.2) is 9.59 Å². The van der Waals surface area contributed by atoms with Gasteiger partial charge in [-0.2, -0.15) is 0 Å². The molecule has 2 aromatic rings. The fraction of sp³-hybridized carbons (Fsp3) is 0.261. The van der Waals surface area contributed by atoms with E-state index in [-0.39, 0.29) is 5.78 Å². The molecule has 1 aliphatic carbocycles. The smallest absolute Gasteiger partial charge is 0.337 e. The molecule has 1 aliphatic rings. The number of Topliss-reactive ketones (excluding diaryl/α,β-unsaturated/α-hetero) is 1. The first kappa shape index (κ1) is 19.5. The van der Waals surface area contributed by atoms with Gasteiger partial charge in [0.1, 0.15) is 0 Å². The Bertz CT molecular complexity index is 925. The van der Waals surface area contributed by atoms with Crippen molar-refractivity contribution < 1.29 is 23.9 Å². The minimum atomic E-state index is -0.863. The Balaban J connectivity index is 1.58. The highest BCUT2D eigenvalue weighted by Crippen LogP contribution is 2.23. The Kier molecular flexibility index (Phi) is 6.04. The van der Waals surface area contributed by atoms with Gasteiger partial charge in [0.25, 0.3) is 0 Å². The maximum Gasteiger partial charge on any atom is 0.337 e. The summed E-state index contributed by atoms with van der Waals surface area (Å²) in [4.78, 5) is 36.0. The number of aryl methyl sites for hydroxylation is 2. The zero-order valence-electron chi connectivity index (χ0n) is 15.9. The van der Waals surface area contributed by atoms with E-state index in [4.69, 9.17) is 4.74 Å². The van der Waals surface area contributed by atoms with Gasteiger partial charge in [-0.1, -0.05) is 24.3 Å². The van der Waals surface area contributed by atoms with Gasteiger partial charge in [0.15, 0.2) is 6.10 Å². The third kappa shape index (κ3) is 4.55. The fourth-order valence-electron chi connectivity index (χ4n) is 3.24. The molecule has 0 aromatic heterocycles. The molecule has 0 aliphatic heterocycles. The molecular weight excluding hydrogens is 356 g/mol. The fourth-order valence-corrected chi connectivity index (χ4v) is 3.24. The minimum absolute atomic E-state index is 0.209. The lowest BCUT2D eigenvalue weighted by atomic mass is 10.0. The molecule has 1 unspecified atom stereocenters. The van der Waals surface area contributed by atoms with Gasteiger partial charge in [0, 0.05) is 11.6 Å². The van der Waals surface area contributed by atoms with Gasteiger partial charge in [0.05, 0.1) is 12.7 Å². The number of ketones is 1. The maximum atomic E-state index is 12.5. The summed E-state index contributed by atoms with van der Waals surface area (Å²) < 4.78 is 9.88. The highest BCUT2D eigenvalue weighted by atomic mass is 16.5. The van der Waals surface area contributed by atoms with Crippen molar-refractivity contribution in [3.8, 4) is 0 Å². The van der Waals surface area contributed by atoms with E-state index in [0.29, 0.717) is 11.1 Å². The van der Waals surface area contributed by atoms with Crippen molar-refractivity contribution in [2.24, 2.45) is 0 Å². The molecule has 0 radical (unpaired) electrons. The van der Waals surface area contributed by atoms with E-state index in [1.54, 1.807) is 43.3 Å². The standard InChI is InChI=1S/C23H22O5/c1-15(22(25)20-12-11-17-4-3-5-19(17)14-20)28-21(24)13-8-16-6-9-18(10-7-16)23(26)27-2/h6-15H,3-5H2,1-2H3/b13-8+. The predicted molar refractivity (Wildman–Crippen MR) is 105 cm³/mol. The third-order valence-corrected chi connectivity index (χ3v) is 4.79. The lowest BCUT2D eigenvalue weighted by Gasteiger charge is -2.12. The van der Waals surface area contributed by atoms with Crippen molar-refractivity contribution in [3.05, 3.63) is 76.4 Å². The van der Waals surface area contributed by atoms with E-state index in [9.17, 15) is 14.4 Å². The Labute approximate surface area is 164 Å². The van der Waals surface area contributed by atoms with E-state index in [2.05, 4.69) is 4.74 Å². The van der Waals surface area contributed by atoms with Gasteiger partial charge < -0.3 is 9.47 Å². The molecule has 5 heteroatoms. The first-order valence-corrected chi connectivity index (χ1v) is 9.21. The van der Waals surface area contributed by atoms with Crippen LogP contribution in [0.25, 0.3) is 6.08 Å². The second kappa shape index (κ2) is 8.65. The Hall–Kier alpha value is -3.21. The van der Waals surface area contributed by atoms with Crippen molar-refractivity contribution in [3.63, 3.8) is 0 Å². The molecule has 0 spiro atoms. The Morgan fingerprint density at radius 2 is 1.64 bits per heavy atom. The number of carbonyl (C=O) groups excluding carboxylic acids is 3. The lowest BCUT2D eigenvalue weighted by molar-refractivity contribution is -0.140. The quantitative estimate of drug-likeness (QED) is 0.435. The number of ether oxygens (including phenoxy) is 2. The number of benzene rings is 2. The first-order chi connectivity index (χ1) is 13.5. The number of esters is 2. The van der Waals surface area contributed by atoms with Crippen molar-refractivity contribution >= 4 is 23.8 Å². The van der Waals surface area contributed by atoms with Crippen LogP contribution in [0, 0.1) is 0 Å². The van der Waals surface area contributed by atoms with Crippen molar-refractivity contribution in [2.75, 3.05) is 7.11 Å². The van der Waals surface area contributed by atoms with Crippen molar-refractivity contribution in [1.82, 2.24) is 0 Å². The highest BCUT2D eigenvalue weighted by molar-refractivity contribution is 6.01. The molecular formula is C23H22O5. The molecule has 0 amide bonds. The molecule has 2 aromatic carbocycles. The largest absolute Gasteiger partial charge is 0.465 e. The average Bonchev–Trinajstić information content (AvgIpc) is 3.19. The molecule has 3 rings (SSSR count). The monoisotopic (exact) mass is 378 g/mol. The van der Waals surface area contributed by atoms with Gasteiger partial charge in [-0.3, -0.25) is 4.79 Å². The van der Waals surface area contributed by atoms with Gasteiger partial charge in [-0.15, -0.1) is 0 Å². The first-order valence-electron chi connectivity index (χ1n) is 9.21. The summed E-state index contributed by atoms with van der Waals surface area (Å²) in [6.07, 6.45) is 5.12. The molecule has 0 heterocycles.